The predicted octanol–water partition coefficient (Wildman–Crippen LogP) is -1.25. The van der Waals surface area contributed by atoms with Gasteiger partial charge in [0.25, 0.3) is 5.91 Å². The Hall–Kier alpha value is -2.42. The fourth-order valence-electron chi connectivity index (χ4n) is 2.83. The minimum Gasteiger partial charge on any atom is -0.481 e. The maximum absolute atomic E-state index is 12.7. The molecule has 2 fully saturated rings. The van der Waals surface area contributed by atoms with Crippen molar-refractivity contribution >= 4 is 11.8 Å². The molecule has 0 radical (unpaired) electrons. The number of methoxy groups -OCH3 is 2. The number of nitrogens with zero attached hydrogens (tertiary/aromatic N) is 4. The molecule has 2 saturated heterocycles. The van der Waals surface area contributed by atoms with E-state index in [0.717, 1.165) is 6.54 Å². The monoisotopic (exact) mass is 321 g/mol. The van der Waals surface area contributed by atoms with Gasteiger partial charge in [-0.2, -0.15) is 9.97 Å². The van der Waals surface area contributed by atoms with Crippen molar-refractivity contribution in [3.05, 3.63) is 11.8 Å². The standard InChI is InChI=1S/C14H19N5O4/c1-22-11-7-9(16-14(17-11)23-2)13(21)19-6-5-18-4-3-15-12(20)10(18)8-19/h7,10H,3-6,8H2,1-2H3,(H,15,20)/t10-/m1/s1. The van der Waals surface area contributed by atoms with Crippen molar-refractivity contribution in [3.8, 4) is 11.9 Å². The van der Waals surface area contributed by atoms with Crippen LogP contribution in [0.2, 0.25) is 0 Å². The van der Waals surface area contributed by atoms with Crippen LogP contribution in [-0.2, 0) is 4.79 Å². The van der Waals surface area contributed by atoms with Gasteiger partial charge in [0.05, 0.1) is 14.2 Å². The molecular weight excluding hydrogens is 302 g/mol. The lowest BCUT2D eigenvalue weighted by Crippen LogP contribution is -2.64. The Morgan fingerprint density at radius 1 is 1.26 bits per heavy atom. The van der Waals surface area contributed by atoms with Crippen LogP contribution >= 0.6 is 0 Å². The van der Waals surface area contributed by atoms with Gasteiger partial charge in [0.2, 0.25) is 11.8 Å². The lowest BCUT2D eigenvalue weighted by molar-refractivity contribution is -0.131. The lowest BCUT2D eigenvalue weighted by atomic mass is 10.1. The highest BCUT2D eigenvalue weighted by Gasteiger charge is 2.36. The maximum Gasteiger partial charge on any atom is 0.320 e. The van der Waals surface area contributed by atoms with Gasteiger partial charge in [-0.3, -0.25) is 14.5 Å². The summed E-state index contributed by atoms with van der Waals surface area (Å²) in [6.07, 6.45) is 0. The van der Waals surface area contributed by atoms with E-state index in [1.807, 2.05) is 0 Å². The summed E-state index contributed by atoms with van der Waals surface area (Å²) in [5.41, 5.74) is 0.193. The smallest absolute Gasteiger partial charge is 0.320 e. The van der Waals surface area contributed by atoms with Crippen molar-refractivity contribution in [1.82, 2.24) is 25.1 Å². The quantitative estimate of drug-likeness (QED) is 0.743. The number of nitrogens with one attached hydrogen (secondary N) is 1. The Morgan fingerprint density at radius 3 is 2.83 bits per heavy atom. The molecule has 1 N–H and O–H groups in total. The first-order valence-electron chi connectivity index (χ1n) is 7.40. The minimum atomic E-state index is -0.299. The summed E-state index contributed by atoms with van der Waals surface area (Å²) in [6, 6.07) is 1.24. The van der Waals surface area contributed by atoms with Crippen molar-refractivity contribution in [2.75, 3.05) is 46.9 Å². The average molecular weight is 321 g/mol. The Labute approximate surface area is 133 Å². The van der Waals surface area contributed by atoms with E-state index in [2.05, 4.69) is 20.2 Å². The number of carbonyl (C=O) groups is 2. The van der Waals surface area contributed by atoms with Gasteiger partial charge in [0.1, 0.15) is 11.7 Å². The van der Waals surface area contributed by atoms with E-state index in [-0.39, 0.29) is 35.4 Å². The van der Waals surface area contributed by atoms with Crippen molar-refractivity contribution in [3.63, 3.8) is 0 Å². The molecule has 1 aromatic heterocycles. The van der Waals surface area contributed by atoms with Gasteiger partial charge in [-0.25, -0.2) is 0 Å². The zero-order valence-corrected chi connectivity index (χ0v) is 13.1. The van der Waals surface area contributed by atoms with Crippen LogP contribution in [0.5, 0.6) is 11.9 Å². The van der Waals surface area contributed by atoms with E-state index in [1.54, 1.807) is 4.90 Å². The topological polar surface area (TPSA) is 96.9 Å². The van der Waals surface area contributed by atoms with Crippen LogP contribution in [0.3, 0.4) is 0 Å². The van der Waals surface area contributed by atoms with Crippen LogP contribution in [-0.4, -0.2) is 84.6 Å². The zero-order valence-electron chi connectivity index (χ0n) is 13.1. The van der Waals surface area contributed by atoms with Gasteiger partial charge in [0, 0.05) is 38.8 Å². The molecule has 124 valence electrons. The fourth-order valence-corrected chi connectivity index (χ4v) is 2.83. The first-order chi connectivity index (χ1) is 11.1. The van der Waals surface area contributed by atoms with Gasteiger partial charge in [0.15, 0.2) is 0 Å². The Bertz CT molecular complexity index is 601. The highest BCUT2D eigenvalue weighted by molar-refractivity contribution is 5.93. The molecule has 3 heterocycles. The summed E-state index contributed by atoms with van der Waals surface area (Å²) in [7, 11) is 2.88. The second-order valence-electron chi connectivity index (χ2n) is 5.38. The molecule has 2 aliphatic rings. The molecule has 1 aromatic rings. The molecule has 0 spiro atoms. The molecule has 0 saturated carbocycles. The van der Waals surface area contributed by atoms with E-state index in [1.165, 1.54) is 20.3 Å². The number of hydrogen-bond acceptors (Lipinski definition) is 7. The van der Waals surface area contributed by atoms with Crippen LogP contribution in [0.4, 0.5) is 0 Å². The van der Waals surface area contributed by atoms with Crippen molar-refractivity contribution in [1.29, 1.82) is 0 Å². The first-order valence-corrected chi connectivity index (χ1v) is 7.40. The molecule has 9 nitrogen and oxygen atoms in total. The Balaban J connectivity index is 1.79. The number of carbonyl (C=O) groups excluding carboxylic acids is 2. The minimum absolute atomic E-state index is 0.0356. The number of aromatic nitrogens is 2. The predicted molar refractivity (Wildman–Crippen MR) is 79.4 cm³/mol. The molecule has 0 unspecified atom stereocenters. The number of piperazine rings is 2. The van der Waals surface area contributed by atoms with Crippen molar-refractivity contribution < 1.29 is 19.1 Å². The van der Waals surface area contributed by atoms with Crippen LogP contribution in [0, 0.1) is 0 Å². The zero-order chi connectivity index (χ0) is 16.4. The fraction of sp³-hybridized carbons (Fsp3) is 0.571. The third-order valence-electron chi connectivity index (χ3n) is 4.07. The maximum atomic E-state index is 12.7. The van der Waals surface area contributed by atoms with Gasteiger partial charge in [-0.05, 0) is 0 Å². The summed E-state index contributed by atoms with van der Waals surface area (Å²) < 4.78 is 10.1. The van der Waals surface area contributed by atoms with E-state index >= 15 is 0 Å². The number of hydrogen-bond donors (Lipinski definition) is 1. The van der Waals surface area contributed by atoms with E-state index in [4.69, 9.17) is 9.47 Å². The summed E-state index contributed by atoms with van der Waals surface area (Å²) >= 11 is 0. The number of ether oxygens (including phenoxy) is 2. The number of fused-ring (bicyclic) bond motifs is 1. The second kappa shape index (κ2) is 6.37. The molecule has 0 aliphatic carbocycles. The van der Waals surface area contributed by atoms with Crippen LogP contribution in [0.15, 0.2) is 6.07 Å². The van der Waals surface area contributed by atoms with Crippen LogP contribution in [0.25, 0.3) is 0 Å². The second-order valence-corrected chi connectivity index (χ2v) is 5.38. The Morgan fingerprint density at radius 2 is 2.09 bits per heavy atom. The van der Waals surface area contributed by atoms with Gasteiger partial charge < -0.3 is 19.7 Å². The van der Waals surface area contributed by atoms with E-state index in [0.29, 0.717) is 26.2 Å². The van der Waals surface area contributed by atoms with Crippen molar-refractivity contribution in [2.45, 2.75) is 6.04 Å². The molecule has 2 aliphatic heterocycles. The highest BCUT2D eigenvalue weighted by atomic mass is 16.5. The largest absolute Gasteiger partial charge is 0.481 e. The third-order valence-corrected chi connectivity index (χ3v) is 4.07. The van der Waals surface area contributed by atoms with Crippen LogP contribution < -0.4 is 14.8 Å². The van der Waals surface area contributed by atoms with Gasteiger partial charge in [-0.15, -0.1) is 0 Å². The SMILES string of the molecule is COc1cc(C(=O)N2CCN3CCNC(=O)[C@H]3C2)nc(OC)n1. The summed E-state index contributed by atoms with van der Waals surface area (Å²) in [6.45, 7) is 3.04. The van der Waals surface area contributed by atoms with Gasteiger partial charge in [-0.1, -0.05) is 0 Å². The van der Waals surface area contributed by atoms with E-state index < -0.39 is 0 Å². The summed E-state index contributed by atoms with van der Waals surface area (Å²) in [5, 5.41) is 2.83. The molecule has 3 rings (SSSR count). The van der Waals surface area contributed by atoms with E-state index in [9.17, 15) is 9.59 Å². The van der Waals surface area contributed by atoms with Crippen LogP contribution in [0.1, 0.15) is 10.5 Å². The molecule has 0 aromatic carbocycles. The third kappa shape index (κ3) is 3.04. The molecule has 23 heavy (non-hydrogen) atoms. The molecule has 1 atom stereocenters. The van der Waals surface area contributed by atoms with Gasteiger partial charge >= 0.3 is 6.01 Å². The summed E-state index contributed by atoms with van der Waals surface area (Å²) in [5.74, 6) is -0.0390. The number of amides is 2. The molecule has 2 amide bonds. The van der Waals surface area contributed by atoms with Crippen molar-refractivity contribution in [2.24, 2.45) is 0 Å². The number of rotatable bonds is 3. The normalized spacial score (nSPS) is 21.4. The molecule has 0 bridgehead atoms. The molecular formula is C14H19N5O4. The Kier molecular flexibility index (Phi) is 4.28. The first kappa shape index (κ1) is 15.5. The summed E-state index contributed by atoms with van der Waals surface area (Å²) in [4.78, 5) is 36.5. The average Bonchev–Trinajstić information content (AvgIpc) is 2.60. The lowest BCUT2D eigenvalue weighted by Gasteiger charge is -2.42. The molecule has 9 heteroatoms. The highest BCUT2D eigenvalue weighted by Crippen LogP contribution is 2.18.